The summed E-state index contributed by atoms with van der Waals surface area (Å²) in [7, 11) is 0. The molecule has 4 nitrogen and oxygen atoms in total. The van der Waals surface area contributed by atoms with Crippen molar-refractivity contribution in [3.8, 4) is 0 Å². The van der Waals surface area contributed by atoms with Crippen LogP contribution in [-0.2, 0) is 9.53 Å². The lowest BCUT2D eigenvalue weighted by Crippen LogP contribution is -2.26. The van der Waals surface area contributed by atoms with Gasteiger partial charge in [0.2, 0.25) is 6.10 Å². The average Bonchev–Trinajstić information content (AvgIpc) is 2.70. The van der Waals surface area contributed by atoms with Crippen LogP contribution < -0.4 is 5.32 Å². The van der Waals surface area contributed by atoms with E-state index in [-0.39, 0.29) is 5.56 Å². The lowest BCUT2D eigenvalue weighted by Gasteiger charge is -2.19. The second-order valence-corrected chi connectivity index (χ2v) is 6.51. The zero-order valence-corrected chi connectivity index (χ0v) is 15.6. The molecular formula is C23H20FNO3. The molecule has 0 heterocycles. The van der Waals surface area contributed by atoms with Gasteiger partial charge in [0.25, 0.3) is 5.91 Å². The topological polar surface area (TPSA) is 55.4 Å². The number of benzene rings is 3. The molecule has 1 N–H and O–H groups in total. The van der Waals surface area contributed by atoms with Gasteiger partial charge in [-0.2, -0.15) is 0 Å². The minimum atomic E-state index is -1.14. The number of rotatable bonds is 5. The molecule has 28 heavy (non-hydrogen) atoms. The number of amides is 1. The van der Waals surface area contributed by atoms with Crippen LogP contribution in [0.5, 0.6) is 0 Å². The monoisotopic (exact) mass is 377 g/mol. The van der Waals surface area contributed by atoms with Gasteiger partial charge in [-0.05, 0) is 55.3 Å². The Morgan fingerprint density at radius 1 is 0.929 bits per heavy atom. The van der Waals surface area contributed by atoms with Crippen molar-refractivity contribution in [3.05, 3.63) is 101 Å². The van der Waals surface area contributed by atoms with E-state index in [1.54, 1.807) is 24.3 Å². The number of halogens is 1. The number of carbonyl (C=O) groups is 2. The first-order chi connectivity index (χ1) is 13.4. The highest BCUT2D eigenvalue weighted by atomic mass is 19.1. The number of ether oxygens (including phenoxy) is 1. The minimum absolute atomic E-state index is 0.168. The van der Waals surface area contributed by atoms with E-state index in [4.69, 9.17) is 4.74 Å². The van der Waals surface area contributed by atoms with Crippen LogP contribution in [0.1, 0.15) is 33.2 Å². The van der Waals surface area contributed by atoms with Gasteiger partial charge in [0.1, 0.15) is 5.82 Å². The Bertz CT molecular complexity index is 984. The Balaban J connectivity index is 1.86. The maximum atomic E-state index is 13.1. The summed E-state index contributed by atoms with van der Waals surface area (Å²) in [4.78, 5) is 25.4. The third-order valence-electron chi connectivity index (χ3n) is 4.30. The molecule has 0 aliphatic rings. The van der Waals surface area contributed by atoms with Crippen LogP contribution in [0.25, 0.3) is 0 Å². The quantitative estimate of drug-likeness (QED) is 0.638. The lowest BCUT2D eigenvalue weighted by molar-refractivity contribution is -0.125. The second kappa shape index (κ2) is 8.48. The normalized spacial score (nSPS) is 11.5. The van der Waals surface area contributed by atoms with Gasteiger partial charge in [0.05, 0.1) is 5.56 Å². The Morgan fingerprint density at radius 3 is 2.29 bits per heavy atom. The predicted octanol–water partition coefficient (Wildman–Crippen LogP) is 4.98. The van der Waals surface area contributed by atoms with Crippen molar-refractivity contribution in [2.45, 2.75) is 20.0 Å². The summed E-state index contributed by atoms with van der Waals surface area (Å²) in [5, 5.41) is 2.84. The number of hydrogen-bond acceptors (Lipinski definition) is 3. The van der Waals surface area contributed by atoms with Crippen molar-refractivity contribution >= 4 is 17.6 Å². The standard InChI is InChI=1S/C23H20FNO3/c1-15-8-9-16(2)20(14-15)25-22(26)21(17-6-4-3-5-7-17)28-23(27)18-10-12-19(24)13-11-18/h3-14,21H,1-2H3,(H,25,26)/t21-/m1/s1. The number of aryl methyl sites for hydroxylation is 2. The molecule has 1 amide bonds. The van der Waals surface area contributed by atoms with Crippen molar-refractivity contribution in [3.63, 3.8) is 0 Å². The molecule has 0 fully saturated rings. The summed E-state index contributed by atoms with van der Waals surface area (Å²) in [5.74, 6) is -1.62. The molecule has 3 rings (SSSR count). The molecule has 0 aliphatic heterocycles. The molecule has 0 radical (unpaired) electrons. The van der Waals surface area contributed by atoms with Crippen LogP contribution >= 0.6 is 0 Å². The van der Waals surface area contributed by atoms with E-state index in [0.717, 1.165) is 11.1 Å². The predicted molar refractivity (Wildman–Crippen MR) is 106 cm³/mol. The summed E-state index contributed by atoms with van der Waals surface area (Å²) in [6.07, 6.45) is -1.14. The number of esters is 1. The van der Waals surface area contributed by atoms with E-state index in [9.17, 15) is 14.0 Å². The zero-order chi connectivity index (χ0) is 20.1. The van der Waals surface area contributed by atoms with Gasteiger partial charge < -0.3 is 10.1 Å². The van der Waals surface area contributed by atoms with Crippen LogP contribution in [-0.4, -0.2) is 11.9 Å². The first kappa shape index (κ1) is 19.3. The molecular weight excluding hydrogens is 357 g/mol. The fourth-order valence-electron chi connectivity index (χ4n) is 2.73. The Morgan fingerprint density at radius 2 is 1.61 bits per heavy atom. The first-order valence-corrected chi connectivity index (χ1v) is 8.83. The summed E-state index contributed by atoms with van der Waals surface area (Å²) in [6, 6.07) is 19.5. The molecule has 3 aromatic carbocycles. The van der Waals surface area contributed by atoms with Gasteiger partial charge in [0.15, 0.2) is 0 Å². The van der Waals surface area contributed by atoms with E-state index in [1.807, 2.05) is 38.1 Å². The van der Waals surface area contributed by atoms with Crippen LogP contribution in [0.15, 0.2) is 72.8 Å². The van der Waals surface area contributed by atoms with Crippen LogP contribution in [0.4, 0.5) is 10.1 Å². The summed E-state index contributed by atoms with van der Waals surface area (Å²) >= 11 is 0. The molecule has 3 aromatic rings. The molecule has 5 heteroatoms. The van der Waals surface area contributed by atoms with Crippen LogP contribution in [0.2, 0.25) is 0 Å². The van der Waals surface area contributed by atoms with Crippen molar-refractivity contribution in [2.75, 3.05) is 5.32 Å². The number of anilines is 1. The molecule has 142 valence electrons. The summed E-state index contributed by atoms with van der Waals surface area (Å²) in [6.45, 7) is 3.81. The number of nitrogens with one attached hydrogen (secondary N) is 1. The molecule has 0 spiro atoms. The third-order valence-corrected chi connectivity index (χ3v) is 4.30. The highest BCUT2D eigenvalue weighted by molar-refractivity contribution is 5.98. The first-order valence-electron chi connectivity index (χ1n) is 8.83. The maximum absolute atomic E-state index is 13.1. The molecule has 0 saturated heterocycles. The molecule has 0 bridgehead atoms. The van der Waals surface area contributed by atoms with E-state index in [1.165, 1.54) is 24.3 Å². The van der Waals surface area contributed by atoms with E-state index >= 15 is 0 Å². The maximum Gasteiger partial charge on any atom is 0.339 e. The van der Waals surface area contributed by atoms with Crippen molar-refractivity contribution in [1.82, 2.24) is 0 Å². The fraction of sp³-hybridized carbons (Fsp3) is 0.130. The Hall–Kier alpha value is -3.47. The number of hydrogen-bond donors (Lipinski definition) is 1. The lowest BCUT2D eigenvalue weighted by atomic mass is 10.1. The van der Waals surface area contributed by atoms with Gasteiger partial charge >= 0.3 is 5.97 Å². The van der Waals surface area contributed by atoms with E-state index < -0.39 is 23.8 Å². The third kappa shape index (κ3) is 4.62. The van der Waals surface area contributed by atoms with Crippen LogP contribution in [0, 0.1) is 19.7 Å². The molecule has 0 aliphatic carbocycles. The van der Waals surface area contributed by atoms with Crippen LogP contribution in [0.3, 0.4) is 0 Å². The smallest absolute Gasteiger partial charge is 0.339 e. The van der Waals surface area contributed by atoms with Gasteiger partial charge in [-0.25, -0.2) is 9.18 Å². The Kier molecular flexibility index (Phi) is 5.84. The van der Waals surface area contributed by atoms with E-state index in [0.29, 0.717) is 11.3 Å². The average molecular weight is 377 g/mol. The van der Waals surface area contributed by atoms with Crippen molar-refractivity contribution in [2.24, 2.45) is 0 Å². The van der Waals surface area contributed by atoms with Gasteiger partial charge in [-0.3, -0.25) is 4.79 Å². The van der Waals surface area contributed by atoms with Gasteiger partial charge in [-0.15, -0.1) is 0 Å². The molecule has 0 aromatic heterocycles. The molecule has 0 saturated carbocycles. The SMILES string of the molecule is Cc1ccc(C)c(NC(=O)[C@H](OC(=O)c2ccc(F)cc2)c2ccccc2)c1. The van der Waals surface area contributed by atoms with E-state index in [2.05, 4.69) is 5.32 Å². The highest BCUT2D eigenvalue weighted by Crippen LogP contribution is 2.24. The summed E-state index contributed by atoms with van der Waals surface area (Å²) in [5.41, 5.74) is 3.27. The molecule has 1 atom stereocenters. The van der Waals surface area contributed by atoms with Crippen molar-refractivity contribution in [1.29, 1.82) is 0 Å². The largest absolute Gasteiger partial charge is 0.444 e. The molecule has 0 unspecified atom stereocenters. The summed E-state index contributed by atoms with van der Waals surface area (Å²) < 4.78 is 18.6. The Labute approximate surface area is 163 Å². The highest BCUT2D eigenvalue weighted by Gasteiger charge is 2.26. The van der Waals surface area contributed by atoms with Crippen molar-refractivity contribution < 1.29 is 18.7 Å². The second-order valence-electron chi connectivity index (χ2n) is 6.51. The zero-order valence-electron chi connectivity index (χ0n) is 15.6. The van der Waals surface area contributed by atoms with Gasteiger partial charge in [-0.1, -0.05) is 42.5 Å². The number of carbonyl (C=O) groups excluding carboxylic acids is 2. The van der Waals surface area contributed by atoms with Gasteiger partial charge in [0, 0.05) is 11.3 Å². The fourth-order valence-corrected chi connectivity index (χ4v) is 2.73. The minimum Gasteiger partial charge on any atom is -0.444 e.